The summed E-state index contributed by atoms with van der Waals surface area (Å²) in [5.74, 6) is -2.22. The van der Waals surface area contributed by atoms with Gasteiger partial charge in [0.15, 0.2) is 0 Å². The molecular formula is C14H10F3NO3. The van der Waals surface area contributed by atoms with Gasteiger partial charge in [0.2, 0.25) is 0 Å². The van der Waals surface area contributed by atoms with E-state index in [1.807, 2.05) is 0 Å². The van der Waals surface area contributed by atoms with Crippen LogP contribution < -0.4 is 5.32 Å². The largest absolute Gasteiger partial charge is 0.478 e. The van der Waals surface area contributed by atoms with Gasteiger partial charge in [0.1, 0.15) is 6.54 Å². The fourth-order valence-corrected chi connectivity index (χ4v) is 1.98. The fourth-order valence-electron chi connectivity index (χ4n) is 1.98. The molecule has 0 spiro atoms. The van der Waals surface area contributed by atoms with Crippen molar-refractivity contribution in [3.63, 3.8) is 0 Å². The van der Waals surface area contributed by atoms with E-state index in [4.69, 9.17) is 5.11 Å². The van der Waals surface area contributed by atoms with Gasteiger partial charge in [-0.3, -0.25) is 4.79 Å². The third-order valence-electron chi connectivity index (χ3n) is 2.83. The highest BCUT2D eigenvalue weighted by Gasteiger charge is 2.28. The predicted molar refractivity (Wildman–Crippen MR) is 69.3 cm³/mol. The highest BCUT2D eigenvalue weighted by molar-refractivity contribution is 6.14. The molecule has 0 aliphatic rings. The first kappa shape index (κ1) is 14.8. The summed E-state index contributed by atoms with van der Waals surface area (Å²) in [5.41, 5.74) is -0.236. The van der Waals surface area contributed by atoms with Crippen molar-refractivity contribution >= 4 is 22.6 Å². The second-order valence-electron chi connectivity index (χ2n) is 4.31. The molecule has 0 unspecified atom stereocenters. The number of aromatic carboxylic acids is 1. The van der Waals surface area contributed by atoms with Gasteiger partial charge in [-0.05, 0) is 17.5 Å². The zero-order valence-corrected chi connectivity index (χ0v) is 10.6. The molecule has 4 nitrogen and oxygen atoms in total. The molecule has 2 rings (SSSR count). The summed E-state index contributed by atoms with van der Waals surface area (Å²) in [6.45, 7) is -1.47. The van der Waals surface area contributed by atoms with Crippen molar-refractivity contribution in [3.05, 3.63) is 47.5 Å². The topological polar surface area (TPSA) is 66.4 Å². The van der Waals surface area contributed by atoms with Crippen LogP contribution in [0.15, 0.2) is 36.4 Å². The third kappa shape index (κ3) is 3.31. The van der Waals surface area contributed by atoms with Crippen LogP contribution >= 0.6 is 0 Å². The van der Waals surface area contributed by atoms with Gasteiger partial charge in [-0.2, -0.15) is 13.2 Å². The summed E-state index contributed by atoms with van der Waals surface area (Å²) in [6, 6.07) is 8.75. The average molecular weight is 297 g/mol. The SMILES string of the molecule is O=C(O)c1cccc2cccc(C(=O)NCC(F)(F)F)c12. The zero-order chi connectivity index (χ0) is 15.6. The highest BCUT2D eigenvalue weighted by Crippen LogP contribution is 2.23. The normalized spacial score (nSPS) is 11.4. The van der Waals surface area contributed by atoms with E-state index in [0.29, 0.717) is 5.39 Å². The highest BCUT2D eigenvalue weighted by atomic mass is 19.4. The van der Waals surface area contributed by atoms with Gasteiger partial charge in [0.25, 0.3) is 5.91 Å². The Hall–Kier alpha value is -2.57. The zero-order valence-electron chi connectivity index (χ0n) is 10.6. The minimum Gasteiger partial charge on any atom is -0.478 e. The molecule has 0 aliphatic carbocycles. The number of carboxylic acids is 1. The molecule has 110 valence electrons. The Morgan fingerprint density at radius 3 is 2.14 bits per heavy atom. The van der Waals surface area contributed by atoms with Gasteiger partial charge in [-0.1, -0.05) is 24.3 Å². The van der Waals surface area contributed by atoms with E-state index in [1.165, 1.54) is 24.3 Å². The molecule has 0 aromatic heterocycles. The third-order valence-corrected chi connectivity index (χ3v) is 2.83. The molecule has 2 aromatic carbocycles. The maximum atomic E-state index is 12.1. The van der Waals surface area contributed by atoms with Gasteiger partial charge >= 0.3 is 12.1 Å². The van der Waals surface area contributed by atoms with Crippen molar-refractivity contribution in [2.24, 2.45) is 0 Å². The van der Waals surface area contributed by atoms with Gasteiger partial charge in [0.05, 0.1) is 5.56 Å². The van der Waals surface area contributed by atoms with Crippen molar-refractivity contribution in [2.75, 3.05) is 6.54 Å². The predicted octanol–water partition coefficient (Wildman–Crippen LogP) is 2.83. The molecule has 21 heavy (non-hydrogen) atoms. The molecule has 0 aliphatic heterocycles. The number of halogens is 3. The second kappa shape index (κ2) is 5.43. The number of benzene rings is 2. The number of carbonyl (C=O) groups is 2. The van der Waals surface area contributed by atoms with Gasteiger partial charge in [0, 0.05) is 10.9 Å². The van der Waals surface area contributed by atoms with Crippen LogP contribution in [0.4, 0.5) is 13.2 Å². The van der Waals surface area contributed by atoms with Crippen molar-refractivity contribution in [2.45, 2.75) is 6.18 Å². The van der Waals surface area contributed by atoms with Crippen LogP contribution in [0.1, 0.15) is 20.7 Å². The van der Waals surface area contributed by atoms with E-state index in [1.54, 1.807) is 17.4 Å². The van der Waals surface area contributed by atoms with Crippen LogP contribution in [0.25, 0.3) is 10.8 Å². The number of alkyl halides is 3. The first-order valence-corrected chi connectivity index (χ1v) is 5.89. The molecule has 0 saturated heterocycles. The van der Waals surface area contributed by atoms with Gasteiger partial charge < -0.3 is 10.4 Å². The molecule has 2 N–H and O–H groups in total. The molecule has 0 bridgehead atoms. The summed E-state index contributed by atoms with van der Waals surface area (Å²) < 4.78 is 36.4. The first-order chi connectivity index (χ1) is 9.79. The molecule has 1 amide bonds. The van der Waals surface area contributed by atoms with Crippen LogP contribution in [-0.2, 0) is 0 Å². The Kier molecular flexibility index (Phi) is 3.84. The van der Waals surface area contributed by atoms with Gasteiger partial charge in [-0.25, -0.2) is 4.79 Å². The van der Waals surface area contributed by atoms with E-state index in [-0.39, 0.29) is 16.5 Å². The molecule has 0 radical (unpaired) electrons. The Morgan fingerprint density at radius 2 is 1.62 bits per heavy atom. The van der Waals surface area contributed by atoms with E-state index in [0.717, 1.165) is 0 Å². The number of fused-ring (bicyclic) bond motifs is 1. The van der Waals surface area contributed by atoms with Crippen molar-refractivity contribution < 1.29 is 27.9 Å². The number of amides is 1. The van der Waals surface area contributed by atoms with E-state index < -0.39 is 24.6 Å². The lowest BCUT2D eigenvalue weighted by molar-refractivity contribution is -0.123. The molecule has 7 heteroatoms. The minimum atomic E-state index is -4.53. The van der Waals surface area contributed by atoms with E-state index in [2.05, 4.69) is 0 Å². The number of hydrogen-bond donors (Lipinski definition) is 2. The lowest BCUT2D eigenvalue weighted by Crippen LogP contribution is -2.33. The first-order valence-electron chi connectivity index (χ1n) is 5.89. The summed E-state index contributed by atoms with van der Waals surface area (Å²) in [7, 11) is 0. The average Bonchev–Trinajstić information content (AvgIpc) is 2.42. The van der Waals surface area contributed by atoms with Crippen LogP contribution in [0.5, 0.6) is 0 Å². The minimum absolute atomic E-state index is 0.102. The molecule has 0 heterocycles. The monoisotopic (exact) mass is 297 g/mol. The second-order valence-corrected chi connectivity index (χ2v) is 4.31. The molecule has 2 aromatic rings. The molecule has 0 saturated carbocycles. The standard InChI is InChI=1S/C14H10F3NO3/c15-14(16,17)7-18-12(19)9-5-1-3-8-4-2-6-10(11(8)9)13(20)21/h1-6H,7H2,(H,18,19)(H,20,21). The quantitative estimate of drug-likeness (QED) is 0.915. The van der Waals surface area contributed by atoms with E-state index >= 15 is 0 Å². The molecular weight excluding hydrogens is 287 g/mol. The van der Waals surface area contributed by atoms with Gasteiger partial charge in [-0.15, -0.1) is 0 Å². The Balaban J connectivity index is 2.49. The van der Waals surface area contributed by atoms with Crippen molar-refractivity contribution in [1.29, 1.82) is 0 Å². The number of hydrogen-bond acceptors (Lipinski definition) is 2. The van der Waals surface area contributed by atoms with Crippen molar-refractivity contribution in [1.82, 2.24) is 5.32 Å². The lowest BCUT2D eigenvalue weighted by atomic mass is 9.98. The molecule has 0 atom stereocenters. The summed E-state index contributed by atoms with van der Waals surface area (Å²) in [6.07, 6.45) is -4.53. The van der Waals surface area contributed by atoms with Crippen LogP contribution in [-0.4, -0.2) is 29.7 Å². The maximum absolute atomic E-state index is 12.1. The summed E-state index contributed by atoms with van der Waals surface area (Å²) >= 11 is 0. The van der Waals surface area contributed by atoms with Crippen LogP contribution in [0.2, 0.25) is 0 Å². The Labute approximate surface area is 117 Å². The Morgan fingerprint density at radius 1 is 1.05 bits per heavy atom. The number of nitrogens with one attached hydrogen (secondary N) is 1. The van der Waals surface area contributed by atoms with Crippen LogP contribution in [0, 0.1) is 0 Å². The lowest BCUT2D eigenvalue weighted by Gasteiger charge is -2.11. The fraction of sp³-hybridized carbons (Fsp3) is 0.143. The van der Waals surface area contributed by atoms with E-state index in [9.17, 15) is 22.8 Å². The smallest absolute Gasteiger partial charge is 0.405 e. The number of carbonyl (C=O) groups excluding carboxylic acids is 1. The summed E-state index contributed by atoms with van der Waals surface area (Å²) in [5, 5.41) is 11.5. The maximum Gasteiger partial charge on any atom is 0.405 e. The van der Waals surface area contributed by atoms with Crippen molar-refractivity contribution in [3.8, 4) is 0 Å². The van der Waals surface area contributed by atoms with Crippen LogP contribution in [0.3, 0.4) is 0 Å². The molecule has 0 fully saturated rings. The number of carboxylic acid groups (broad SMARTS) is 1. The summed E-state index contributed by atoms with van der Waals surface area (Å²) in [4.78, 5) is 23.1. The number of rotatable bonds is 3. The Bertz CT molecular complexity index is 705.